The zero-order chi connectivity index (χ0) is 13.8. The van der Waals surface area contributed by atoms with Gasteiger partial charge < -0.3 is 9.64 Å². The second kappa shape index (κ2) is 5.47. The van der Waals surface area contributed by atoms with Crippen molar-refractivity contribution in [3.63, 3.8) is 0 Å². The van der Waals surface area contributed by atoms with Crippen LogP contribution in [0.4, 0.5) is 0 Å². The van der Waals surface area contributed by atoms with E-state index in [1.165, 1.54) is 4.68 Å². The average Bonchev–Trinajstić information content (AvgIpc) is 2.83. The number of tetrazole rings is 1. The Morgan fingerprint density at radius 2 is 2.05 bits per heavy atom. The summed E-state index contributed by atoms with van der Waals surface area (Å²) in [7, 11) is 5.03. The monoisotopic (exact) mass is 261 g/mol. The van der Waals surface area contributed by atoms with E-state index in [0.29, 0.717) is 17.9 Å². The van der Waals surface area contributed by atoms with Crippen LogP contribution in [0, 0.1) is 0 Å². The molecule has 0 N–H and O–H groups in total. The summed E-state index contributed by atoms with van der Waals surface area (Å²) < 4.78 is 6.60. The molecule has 0 saturated carbocycles. The number of aryl methyl sites for hydroxylation is 1. The lowest BCUT2D eigenvalue weighted by molar-refractivity contribution is 0.0780. The van der Waals surface area contributed by atoms with Gasteiger partial charge >= 0.3 is 0 Å². The molecule has 0 unspecified atom stereocenters. The van der Waals surface area contributed by atoms with Crippen molar-refractivity contribution in [2.45, 2.75) is 6.54 Å². The van der Waals surface area contributed by atoms with Gasteiger partial charge in [0.25, 0.3) is 5.91 Å². The van der Waals surface area contributed by atoms with E-state index in [2.05, 4.69) is 15.5 Å². The molecule has 0 aliphatic rings. The van der Waals surface area contributed by atoms with Crippen LogP contribution in [0.3, 0.4) is 0 Å². The van der Waals surface area contributed by atoms with Gasteiger partial charge in [-0.05, 0) is 34.7 Å². The number of amides is 1. The smallest absolute Gasteiger partial charge is 0.254 e. The topological polar surface area (TPSA) is 73.1 Å². The van der Waals surface area contributed by atoms with Gasteiger partial charge in [-0.1, -0.05) is 0 Å². The highest BCUT2D eigenvalue weighted by Crippen LogP contribution is 2.13. The molecule has 0 atom stereocenters. The van der Waals surface area contributed by atoms with Crippen molar-refractivity contribution in [1.82, 2.24) is 25.1 Å². The number of rotatable bonds is 4. The van der Waals surface area contributed by atoms with Gasteiger partial charge in [-0.25, -0.2) is 4.68 Å². The predicted molar refractivity (Wildman–Crippen MR) is 67.6 cm³/mol. The Hall–Kier alpha value is -2.44. The highest BCUT2D eigenvalue weighted by Gasteiger charge is 2.14. The van der Waals surface area contributed by atoms with E-state index in [4.69, 9.17) is 4.74 Å². The summed E-state index contributed by atoms with van der Waals surface area (Å²) in [4.78, 5) is 13.8. The van der Waals surface area contributed by atoms with Crippen molar-refractivity contribution in [2.24, 2.45) is 7.05 Å². The molecule has 0 saturated heterocycles. The zero-order valence-corrected chi connectivity index (χ0v) is 11.1. The van der Waals surface area contributed by atoms with E-state index in [1.807, 2.05) is 0 Å². The molecule has 0 aliphatic heterocycles. The lowest BCUT2D eigenvalue weighted by atomic mass is 10.2. The number of benzene rings is 1. The van der Waals surface area contributed by atoms with Crippen LogP contribution in [0.5, 0.6) is 5.75 Å². The maximum Gasteiger partial charge on any atom is 0.254 e. The lowest BCUT2D eigenvalue weighted by Gasteiger charge is -2.16. The van der Waals surface area contributed by atoms with E-state index >= 15 is 0 Å². The third-order valence-electron chi connectivity index (χ3n) is 2.77. The third-order valence-corrected chi connectivity index (χ3v) is 2.77. The first-order valence-corrected chi connectivity index (χ1v) is 5.72. The molecule has 1 amide bonds. The number of hydrogen-bond acceptors (Lipinski definition) is 5. The molecule has 1 heterocycles. The molecule has 1 aromatic carbocycles. The Kier molecular flexibility index (Phi) is 3.74. The molecule has 2 rings (SSSR count). The molecule has 100 valence electrons. The Morgan fingerprint density at radius 1 is 1.37 bits per heavy atom. The third kappa shape index (κ3) is 2.87. The fourth-order valence-electron chi connectivity index (χ4n) is 1.62. The number of methoxy groups -OCH3 is 1. The van der Waals surface area contributed by atoms with Gasteiger partial charge in [-0.15, -0.1) is 5.10 Å². The second-order valence-electron chi connectivity index (χ2n) is 4.11. The maximum atomic E-state index is 12.2. The fraction of sp³-hybridized carbons (Fsp3) is 0.333. The molecule has 0 bridgehead atoms. The van der Waals surface area contributed by atoms with Crippen LogP contribution in [0.2, 0.25) is 0 Å². The first kappa shape index (κ1) is 13.0. The summed E-state index contributed by atoms with van der Waals surface area (Å²) in [5.74, 6) is 1.26. The highest BCUT2D eigenvalue weighted by molar-refractivity contribution is 5.94. The van der Waals surface area contributed by atoms with Crippen molar-refractivity contribution in [1.29, 1.82) is 0 Å². The van der Waals surface area contributed by atoms with Crippen LogP contribution in [0.15, 0.2) is 24.3 Å². The van der Waals surface area contributed by atoms with E-state index in [-0.39, 0.29) is 5.91 Å². The Labute approximate surface area is 110 Å². The normalized spacial score (nSPS) is 10.3. The highest BCUT2D eigenvalue weighted by atomic mass is 16.5. The van der Waals surface area contributed by atoms with Crippen LogP contribution < -0.4 is 4.74 Å². The summed E-state index contributed by atoms with van der Waals surface area (Å²) in [6.45, 7) is 0.356. The summed E-state index contributed by atoms with van der Waals surface area (Å²) in [5, 5.41) is 11.1. The molecule has 1 aromatic heterocycles. The second-order valence-corrected chi connectivity index (χ2v) is 4.11. The predicted octanol–water partition coefficient (Wildman–Crippen LogP) is 0.491. The molecule has 7 heteroatoms. The number of ether oxygens (including phenoxy) is 1. The summed E-state index contributed by atoms with van der Waals surface area (Å²) >= 11 is 0. The molecule has 0 spiro atoms. The van der Waals surface area contributed by atoms with Gasteiger partial charge in [0.05, 0.1) is 13.7 Å². The minimum Gasteiger partial charge on any atom is -0.497 e. The molecule has 2 aromatic rings. The van der Waals surface area contributed by atoms with Crippen molar-refractivity contribution >= 4 is 5.91 Å². The van der Waals surface area contributed by atoms with Crippen molar-refractivity contribution in [3.8, 4) is 5.75 Å². The fourth-order valence-corrected chi connectivity index (χ4v) is 1.62. The Bertz CT molecular complexity index is 564. The van der Waals surface area contributed by atoms with Crippen molar-refractivity contribution in [3.05, 3.63) is 35.7 Å². The molecule has 19 heavy (non-hydrogen) atoms. The van der Waals surface area contributed by atoms with Crippen LogP contribution >= 0.6 is 0 Å². The van der Waals surface area contributed by atoms with E-state index in [0.717, 1.165) is 5.75 Å². The number of nitrogens with zero attached hydrogens (tertiary/aromatic N) is 5. The van der Waals surface area contributed by atoms with Crippen LogP contribution in [0.1, 0.15) is 16.2 Å². The van der Waals surface area contributed by atoms with Crippen molar-refractivity contribution in [2.75, 3.05) is 14.2 Å². The molecule has 0 aliphatic carbocycles. The minimum absolute atomic E-state index is 0.0920. The molecular formula is C12H15N5O2. The van der Waals surface area contributed by atoms with Crippen molar-refractivity contribution < 1.29 is 9.53 Å². The number of aromatic nitrogens is 4. The van der Waals surface area contributed by atoms with Crippen LogP contribution in [-0.2, 0) is 13.6 Å². The summed E-state index contributed by atoms with van der Waals surface area (Å²) in [5.41, 5.74) is 0.596. The number of hydrogen-bond donors (Lipinski definition) is 0. The number of carbonyl (C=O) groups excluding carboxylic acids is 1. The molecule has 0 radical (unpaired) electrons. The molecule has 7 nitrogen and oxygen atoms in total. The maximum absolute atomic E-state index is 12.2. The minimum atomic E-state index is -0.0920. The molecular weight excluding hydrogens is 246 g/mol. The molecule has 0 fully saturated rings. The van der Waals surface area contributed by atoms with Crippen LogP contribution in [-0.4, -0.2) is 45.2 Å². The van der Waals surface area contributed by atoms with E-state index in [1.54, 1.807) is 50.4 Å². The lowest BCUT2D eigenvalue weighted by Crippen LogP contribution is -2.27. The quantitative estimate of drug-likeness (QED) is 0.801. The van der Waals surface area contributed by atoms with Gasteiger partial charge in [0.15, 0.2) is 5.82 Å². The van der Waals surface area contributed by atoms with E-state index < -0.39 is 0 Å². The van der Waals surface area contributed by atoms with Gasteiger partial charge in [0, 0.05) is 19.7 Å². The summed E-state index contributed by atoms with van der Waals surface area (Å²) in [6, 6.07) is 6.97. The standard InChI is InChI=1S/C12H15N5O2/c1-16(8-11-13-14-15-17(11)2)12(18)9-4-6-10(19-3)7-5-9/h4-7H,8H2,1-3H3. The largest absolute Gasteiger partial charge is 0.497 e. The first-order valence-electron chi connectivity index (χ1n) is 5.72. The number of carbonyl (C=O) groups is 1. The van der Waals surface area contributed by atoms with Crippen LogP contribution in [0.25, 0.3) is 0 Å². The first-order chi connectivity index (χ1) is 9.11. The average molecular weight is 261 g/mol. The van der Waals surface area contributed by atoms with Gasteiger partial charge in [-0.3, -0.25) is 4.79 Å². The Balaban J connectivity index is 2.08. The van der Waals surface area contributed by atoms with E-state index in [9.17, 15) is 4.79 Å². The van der Waals surface area contributed by atoms with Gasteiger partial charge in [0.1, 0.15) is 5.75 Å². The zero-order valence-electron chi connectivity index (χ0n) is 11.1. The van der Waals surface area contributed by atoms with Gasteiger partial charge in [0.2, 0.25) is 0 Å². The SMILES string of the molecule is COc1ccc(C(=O)N(C)Cc2nnnn2C)cc1. The summed E-state index contributed by atoms with van der Waals surface area (Å²) in [6.07, 6.45) is 0. The Morgan fingerprint density at radius 3 is 2.58 bits per heavy atom. The van der Waals surface area contributed by atoms with Gasteiger partial charge in [-0.2, -0.15) is 0 Å².